The molecule has 3 fully saturated rings. The minimum absolute atomic E-state index is 0.174. The number of aliphatic hydroxyl groups excluding tert-OH is 1. The largest absolute Gasteiger partial charge is 0.393 e. The molecule has 1 heteroatoms. The monoisotopic (exact) mass is 398 g/mol. The average Bonchev–Trinajstić information content (AvgIpc) is 3.04. The summed E-state index contributed by atoms with van der Waals surface area (Å²) in [6.07, 6.45) is 16.8. The molecule has 1 N–H and O–H groups in total. The molecule has 3 saturated carbocycles. The summed E-state index contributed by atoms with van der Waals surface area (Å²) >= 11 is 0. The highest BCUT2D eigenvalue weighted by atomic mass is 16.3. The van der Waals surface area contributed by atoms with E-state index < -0.39 is 0 Å². The van der Waals surface area contributed by atoms with E-state index in [1.54, 1.807) is 5.57 Å². The fourth-order valence-corrected chi connectivity index (χ4v) is 6.67. The third-order valence-corrected chi connectivity index (χ3v) is 9.13. The van der Waals surface area contributed by atoms with E-state index in [0.717, 1.165) is 48.9 Å². The van der Waals surface area contributed by atoms with Crippen molar-refractivity contribution >= 4 is 0 Å². The molecule has 0 aromatic heterocycles. The van der Waals surface area contributed by atoms with Crippen molar-refractivity contribution < 1.29 is 5.11 Å². The molecule has 1 nitrogen and oxygen atoms in total. The van der Waals surface area contributed by atoms with Crippen LogP contribution in [0.1, 0.15) is 98.8 Å². The minimum Gasteiger partial charge on any atom is -0.393 e. The van der Waals surface area contributed by atoms with E-state index in [1.807, 2.05) is 0 Å². The Labute approximate surface area is 180 Å². The topological polar surface area (TPSA) is 20.2 Å². The van der Waals surface area contributed by atoms with Crippen molar-refractivity contribution in [2.45, 2.75) is 105 Å². The highest BCUT2D eigenvalue weighted by Crippen LogP contribution is 2.60. The molecular weight excluding hydrogens is 352 g/mol. The van der Waals surface area contributed by atoms with Gasteiger partial charge >= 0.3 is 0 Å². The normalized spacial score (nSPS) is 37.9. The summed E-state index contributed by atoms with van der Waals surface area (Å²) < 4.78 is 0. The van der Waals surface area contributed by atoms with Crippen LogP contribution in [0.5, 0.6) is 0 Å². The van der Waals surface area contributed by atoms with Crippen molar-refractivity contribution in [1.82, 2.24) is 0 Å². The second kappa shape index (κ2) is 9.54. The first kappa shape index (κ1) is 22.9. The molecule has 0 bridgehead atoms. The van der Waals surface area contributed by atoms with Crippen LogP contribution in [0.15, 0.2) is 35.5 Å². The molecular formula is C28H46O. The van der Waals surface area contributed by atoms with E-state index in [2.05, 4.69) is 53.3 Å². The van der Waals surface area contributed by atoms with E-state index >= 15 is 0 Å². The van der Waals surface area contributed by atoms with Crippen LogP contribution in [0.25, 0.3) is 0 Å². The van der Waals surface area contributed by atoms with Crippen LogP contribution in [-0.4, -0.2) is 11.2 Å². The molecule has 3 aliphatic carbocycles. The molecule has 6 unspecified atom stereocenters. The van der Waals surface area contributed by atoms with Gasteiger partial charge in [-0.15, -0.1) is 0 Å². The lowest BCUT2D eigenvalue weighted by atomic mass is 9.60. The second-order valence-electron chi connectivity index (χ2n) is 11.3. The van der Waals surface area contributed by atoms with E-state index in [-0.39, 0.29) is 6.10 Å². The molecule has 0 heterocycles. The number of aliphatic hydroxyl groups is 1. The zero-order valence-electron chi connectivity index (χ0n) is 19.8. The number of allylic oxidation sites excluding steroid dienone is 4. The highest BCUT2D eigenvalue weighted by molar-refractivity contribution is 5.36. The summed E-state index contributed by atoms with van der Waals surface area (Å²) in [7, 11) is 0. The Balaban J connectivity index is 1.70. The maximum Gasteiger partial charge on any atom is 0.0583 e. The summed E-state index contributed by atoms with van der Waals surface area (Å²) in [5.74, 6) is 4.14. The van der Waals surface area contributed by atoms with E-state index in [1.165, 1.54) is 56.1 Å². The molecule has 0 radical (unpaired) electrons. The van der Waals surface area contributed by atoms with Gasteiger partial charge in [-0.25, -0.2) is 0 Å². The SMILES string of the molecule is C=C1CCC(O)C/C1=C/C=C1/CCCC2(C)C1CCC2C(C)CCC(C)C(C)C. The first-order chi connectivity index (χ1) is 13.7. The Morgan fingerprint density at radius 2 is 1.83 bits per heavy atom. The van der Waals surface area contributed by atoms with Gasteiger partial charge in [0, 0.05) is 0 Å². The van der Waals surface area contributed by atoms with Crippen LogP contribution in [-0.2, 0) is 0 Å². The van der Waals surface area contributed by atoms with Gasteiger partial charge < -0.3 is 5.11 Å². The van der Waals surface area contributed by atoms with Crippen molar-refractivity contribution in [1.29, 1.82) is 0 Å². The average molecular weight is 399 g/mol. The Bertz CT molecular complexity index is 639. The summed E-state index contributed by atoms with van der Waals surface area (Å²) in [5, 5.41) is 10.0. The fraction of sp³-hybridized carbons (Fsp3) is 0.786. The summed E-state index contributed by atoms with van der Waals surface area (Å²) in [4.78, 5) is 0. The lowest BCUT2D eigenvalue weighted by Crippen LogP contribution is -2.36. The lowest BCUT2D eigenvalue weighted by molar-refractivity contribution is 0.0907. The summed E-state index contributed by atoms with van der Waals surface area (Å²) in [6, 6.07) is 0. The van der Waals surface area contributed by atoms with Gasteiger partial charge in [0.05, 0.1) is 6.10 Å². The molecule has 164 valence electrons. The van der Waals surface area contributed by atoms with Crippen molar-refractivity contribution in [3.05, 3.63) is 35.5 Å². The third kappa shape index (κ3) is 5.09. The maximum absolute atomic E-state index is 10.0. The Kier molecular flexibility index (Phi) is 7.52. The Hall–Kier alpha value is -0.820. The predicted molar refractivity (Wildman–Crippen MR) is 126 cm³/mol. The van der Waals surface area contributed by atoms with Crippen LogP contribution >= 0.6 is 0 Å². The second-order valence-corrected chi connectivity index (χ2v) is 11.3. The molecule has 3 aliphatic rings. The van der Waals surface area contributed by atoms with Crippen LogP contribution in [0.2, 0.25) is 0 Å². The zero-order chi connectivity index (χ0) is 21.2. The molecule has 0 amide bonds. The summed E-state index contributed by atoms with van der Waals surface area (Å²) in [6.45, 7) is 16.6. The van der Waals surface area contributed by atoms with Gasteiger partial charge in [0.2, 0.25) is 0 Å². The Morgan fingerprint density at radius 3 is 2.55 bits per heavy atom. The quantitative estimate of drug-likeness (QED) is 0.482. The van der Waals surface area contributed by atoms with Gasteiger partial charge in [0.15, 0.2) is 0 Å². The summed E-state index contributed by atoms with van der Waals surface area (Å²) in [5.41, 5.74) is 4.70. The zero-order valence-corrected chi connectivity index (χ0v) is 19.8. The first-order valence-corrected chi connectivity index (χ1v) is 12.5. The molecule has 0 saturated heterocycles. The molecule has 0 aliphatic heterocycles. The van der Waals surface area contributed by atoms with Gasteiger partial charge in [-0.05, 0) is 91.9 Å². The Morgan fingerprint density at radius 1 is 1.07 bits per heavy atom. The smallest absolute Gasteiger partial charge is 0.0583 e. The van der Waals surface area contributed by atoms with Gasteiger partial charge in [-0.1, -0.05) is 77.3 Å². The van der Waals surface area contributed by atoms with Crippen molar-refractivity contribution in [3.8, 4) is 0 Å². The van der Waals surface area contributed by atoms with Crippen LogP contribution < -0.4 is 0 Å². The minimum atomic E-state index is -0.174. The van der Waals surface area contributed by atoms with Gasteiger partial charge in [0.25, 0.3) is 0 Å². The first-order valence-electron chi connectivity index (χ1n) is 12.5. The standard InChI is InChI=1S/C28H46O/c1-19(2)20(3)9-10-22(5)26-15-16-27-23(8-7-17-28(26,27)6)12-13-24-18-25(29)14-11-21(24)4/h12-13,19-20,22,25-27,29H,4,7-11,14-18H2,1-3,5-6H3/b23-12-,24-13-. The molecule has 0 spiro atoms. The fourth-order valence-electron chi connectivity index (χ4n) is 6.67. The number of hydrogen-bond donors (Lipinski definition) is 1. The molecule has 29 heavy (non-hydrogen) atoms. The number of hydrogen-bond acceptors (Lipinski definition) is 1. The van der Waals surface area contributed by atoms with Crippen LogP contribution in [0, 0.1) is 35.0 Å². The molecule has 0 aromatic rings. The van der Waals surface area contributed by atoms with Crippen LogP contribution in [0.4, 0.5) is 0 Å². The number of rotatable bonds is 6. The molecule has 0 aromatic carbocycles. The lowest BCUT2D eigenvalue weighted by Gasteiger charge is -2.44. The van der Waals surface area contributed by atoms with Crippen molar-refractivity contribution in [2.24, 2.45) is 35.0 Å². The predicted octanol–water partition coefficient (Wildman–Crippen LogP) is 7.87. The van der Waals surface area contributed by atoms with Crippen molar-refractivity contribution in [2.75, 3.05) is 0 Å². The maximum atomic E-state index is 10.0. The van der Waals surface area contributed by atoms with E-state index in [9.17, 15) is 5.11 Å². The number of fused-ring (bicyclic) bond motifs is 1. The van der Waals surface area contributed by atoms with Crippen LogP contribution in [0.3, 0.4) is 0 Å². The van der Waals surface area contributed by atoms with Crippen molar-refractivity contribution in [3.63, 3.8) is 0 Å². The van der Waals surface area contributed by atoms with E-state index in [0.29, 0.717) is 5.41 Å². The van der Waals surface area contributed by atoms with Gasteiger partial charge in [-0.3, -0.25) is 0 Å². The molecule has 6 atom stereocenters. The van der Waals surface area contributed by atoms with Gasteiger partial charge in [-0.2, -0.15) is 0 Å². The third-order valence-electron chi connectivity index (χ3n) is 9.13. The molecule has 3 rings (SSSR count). The highest BCUT2D eigenvalue weighted by Gasteiger charge is 2.50. The van der Waals surface area contributed by atoms with Gasteiger partial charge in [0.1, 0.15) is 0 Å². The van der Waals surface area contributed by atoms with E-state index in [4.69, 9.17) is 0 Å².